The van der Waals surface area contributed by atoms with Gasteiger partial charge in [-0.25, -0.2) is 4.98 Å². The fourth-order valence-electron chi connectivity index (χ4n) is 4.12. The van der Waals surface area contributed by atoms with Crippen molar-refractivity contribution >= 4 is 17.2 Å². The zero-order chi connectivity index (χ0) is 17.3. The van der Waals surface area contributed by atoms with Crippen LogP contribution < -0.4 is 0 Å². The van der Waals surface area contributed by atoms with Gasteiger partial charge in [0.05, 0.1) is 6.20 Å². The van der Waals surface area contributed by atoms with Gasteiger partial charge in [-0.05, 0) is 50.3 Å². The summed E-state index contributed by atoms with van der Waals surface area (Å²) in [5.74, 6) is 0.0202. The Hall–Kier alpha value is -1.79. The van der Waals surface area contributed by atoms with Crippen LogP contribution in [0.2, 0.25) is 0 Å². The third-order valence-electron chi connectivity index (χ3n) is 5.59. The van der Waals surface area contributed by atoms with Crippen LogP contribution in [0.1, 0.15) is 39.5 Å². The van der Waals surface area contributed by atoms with Crippen molar-refractivity contribution in [3.63, 3.8) is 0 Å². The minimum atomic E-state index is 0.0202. The van der Waals surface area contributed by atoms with Crippen LogP contribution in [-0.4, -0.2) is 51.9 Å². The lowest BCUT2D eigenvalue weighted by Crippen LogP contribution is -2.44. The van der Waals surface area contributed by atoms with E-state index in [1.165, 1.54) is 22.7 Å². The van der Waals surface area contributed by atoms with Gasteiger partial charge in [0.2, 0.25) is 0 Å². The van der Waals surface area contributed by atoms with Crippen LogP contribution in [0.25, 0.3) is 0 Å². The monoisotopic (exact) mass is 356 g/mol. The average molecular weight is 356 g/mol. The van der Waals surface area contributed by atoms with E-state index in [-0.39, 0.29) is 5.91 Å². The number of amides is 1. The Morgan fingerprint density at radius 1 is 1.20 bits per heavy atom. The minimum absolute atomic E-state index is 0.0202. The molecule has 0 aromatic carbocycles. The number of aryl methyl sites for hydroxylation is 1. The number of likely N-dealkylation sites (tertiary alicyclic amines) is 2. The van der Waals surface area contributed by atoms with Gasteiger partial charge >= 0.3 is 0 Å². The van der Waals surface area contributed by atoms with Crippen LogP contribution in [0, 0.1) is 12.3 Å². The molecule has 0 atom stereocenters. The summed E-state index contributed by atoms with van der Waals surface area (Å²) in [6.45, 7) is 7.25. The van der Waals surface area contributed by atoms with Crippen molar-refractivity contribution in [2.24, 2.45) is 5.41 Å². The number of rotatable bonds is 3. The lowest BCUT2D eigenvalue weighted by atomic mass is 9.77. The predicted molar refractivity (Wildman–Crippen MR) is 98.6 cm³/mol. The molecule has 2 saturated heterocycles. The highest BCUT2D eigenvalue weighted by Crippen LogP contribution is 2.41. The van der Waals surface area contributed by atoms with Crippen molar-refractivity contribution < 1.29 is 4.79 Å². The molecule has 0 unspecified atom stereocenters. The van der Waals surface area contributed by atoms with Crippen LogP contribution in [0.15, 0.2) is 30.7 Å². The molecule has 1 amide bonds. The third kappa shape index (κ3) is 3.60. The molecule has 0 N–H and O–H groups in total. The maximum Gasteiger partial charge on any atom is 0.274 e. The minimum Gasteiger partial charge on any atom is -0.337 e. The number of hydrogen-bond acceptors (Lipinski definition) is 5. The number of nitrogens with zero attached hydrogens (tertiary/aromatic N) is 4. The first-order chi connectivity index (χ1) is 12.1. The van der Waals surface area contributed by atoms with Gasteiger partial charge in [-0.2, -0.15) is 0 Å². The van der Waals surface area contributed by atoms with Crippen molar-refractivity contribution in [3.8, 4) is 0 Å². The van der Waals surface area contributed by atoms with Crippen LogP contribution >= 0.6 is 11.3 Å². The highest BCUT2D eigenvalue weighted by molar-refractivity contribution is 7.11. The number of piperidine rings is 1. The Bertz CT molecular complexity index is 737. The van der Waals surface area contributed by atoms with E-state index in [1.54, 1.807) is 18.6 Å². The topological polar surface area (TPSA) is 49.3 Å². The second-order valence-electron chi connectivity index (χ2n) is 7.36. The lowest BCUT2D eigenvalue weighted by Gasteiger charge is -2.39. The fourth-order valence-corrected chi connectivity index (χ4v) is 5.05. The second-order valence-corrected chi connectivity index (χ2v) is 8.73. The number of carbonyl (C=O) groups is 1. The second kappa shape index (κ2) is 6.84. The van der Waals surface area contributed by atoms with Gasteiger partial charge in [0, 0.05) is 48.3 Å². The van der Waals surface area contributed by atoms with Gasteiger partial charge in [0.1, 0.15) is 5.69 Å². The molecule has 0 aliphatic carbocycles. The SMILES string of the molecule is Cc1ccc(CN2CCC3(CCN(C(=O)c4cnccn4)CC3)C2)s1. The van der Waals surface area contributed by atoms with Crippen molar-refractivity contribution in [3.05, 3.63) is 46.2 Å². The molecule has 25 heavy (non-hydrogen) atoms. The third-order valence-corrected chi connectivity index (χ3v) is 6.57. The molecule has 6 heteroatoms. The van der Waals surface area contributed by atoms with Gasteiger partial charge in [-0.1, -0.05) is 0 Å². The van der Waals surface area contributed by atoms with Crippen molar-refractivity contribution in [1.29, 1.82) is 0 Å². The molecule has 0 radical (unpaired) electrons. The number of carbonyl (C=O) groups excluding carboxylic acids is 1. The summed E-state index contributed by atoms with van der Waals surface area (Å²) in [5, 5.41) is 0. The van der Waals surface area contributed by atoms with Crippen LogP contribution in [0.3, 0.4) is 0 Å². The Kier molecular flexibility index (Phi) is 4.56. The molecular weight excluding hydrogens is 332 g/mol. The molecule has 5 nitrogen and oxygen atoms in total. The number of hydrogen-bond donors (Lipinski definition) is 0. The summed E-state index contributed by atoms with van der Waals surface area (Å²) < 4.78 is 0. The van der Waals surface area contributed by atoms with Crippen LogP contribution in [-0.2, 0) is 6.54 Å². The van der Waals surface area contributed by atoms with Gasteiger partial charge in [0.15, 0.2) is 0 Å². The molecule has 0 bridgehead atoms. The zero-order valence-electron chi connectivity index (χ0n) is 14.6. The largest absolute Gasteiger partial charge is 0.337 e. The number of aromatic nitrogens is 2. The summed E-state index contributed by atoms with van der Waals surface area (Å²) in [7, 11) is 0. The van der Waals surface area contributed by atoms with E-state index in [1.807, 2.05) is 16.2 Å². The summed E-state index contributed by atoms with van der Waals surface area (Å²) in [6.07, 6.45) is 8.19. The van der Waals surface area contributed by atoms with Gasteiger partial charge in [-0.3, -0.25) is 14.7 Å². The highest BCUT2D eigenvalue weighted by Gasteiger charge is 2.41. The van der Waals surface area contributed by atoms with Gasteiger partial charge in [-0.15, -0.1) is 11.3 Å². The van der Waals surface area contributed by atoms with E-state index in [9.17, 15) is 4.79 Å². The molecule has 2 fully saturated rings. The van der Waals surface area contributed by atoms with Crippen molar-refractivity contribution in [1.82, 2.24) is 19.8 Å². The lowest BCUT2D eigenvalue weighted by molar-refractivity contribution is 0.0582. The first-order valence-electron chi connectivity index (χ1n) is 8.97. The van der Waals surface area contributed by atoms with Gasteiger partial charge in [0.25, 0.3) is 5.91 Å². The predicted octanol–water partition coefficient (Wildman–Crippen LogP) is 2.97. The van der Waals surface area contributed by atoms with E-state index >= 15 is 0 Å². The van der Waals surface area contributed by atoms with Crippen molar-refractivity contribution in [2.75, 3.05) is 26.2 Å². The highest BCUT2D eigenvalue weighted by atomic mass is 32.1. The molecule has 2 aromatic heterocycles. The quantitative estimate of drug-likeness (QED) is 0.848. The normalized spacial score (nSPS) is 20.3. The summed E-state index contributed by atoms with van der Waals surface area (Å²) in [6, 6.07) is 4.47. The Balaban J connectivity index is 1.33. The summed E-state index contributed by atoms with van der Waals surface area (Å²) in [4.78, 5) is 28.1. The van der Waals surface area contributed by atoms with E-state index in [0.717, 1.165) is 39.0 Å². The Labute approximate surface area is 152 Å². The van der Waals surface area contributed by atoms with E-state index in [2.05, 4.69) is 33.9 Å². The standard InChI is InChI=1S/C19H24N4OS/c1-15-2-3-16(25-15)13-22-9-4-19(14-22)5-10-23(11-6-19)18(24)17-12-20-7-8-21-17/h2-3,7-8,12H,4-6,9-11,13-14H2,1H3. The summed E-state index contributed by atoms with van der Waals surface area (Å²) in [5.41, 5.74) is 0.852. The molecule has 0 saturated carbocycles. The smallest absolute Gasteiger partial charge is 0.274 e. The Morgan fingerprint density at radius 3 is 2.68 bits per heavy atom. The van der Waals surface area contributed by atoms with Crippen LogP contribution in [0.4, 0.5) is 0 Å². The number of thiophene rings is 1. The molecule has 2 aliphatic rings. The fraction of sp³-hybridized carbons (Fsp3) is 0.526. The molecule has 4 heterocycles. The summed E-state index contributed by atoms with van der Waals surface area (Å²) >= 11 is 1.90. The molecule has 2 aliphatic heterocycles. The van der Waals surface area contributed by atoms with E-state index < -0.39 is 0 Å². The molecule has 4 rings (SSSR count). The zero-order valence-corrected chi connectivity index (χ0v) is 15.5. The molecular formula is C19H24N4OS. The van der Waals surface area contributed by atoms with E-state index in [0.29, 0.717) is 11.1 Å². The molecule has 132 valence electrons. The molecule has 2 aromatic rings. The Morgan fingerprint density at radius 2 is 2.00 bits per heavy atom. The first kappa shape index (κ1) is 16.7. The maximum atomic E-state index is 12.5. The maximum absolute atomic E-state index is 12.5. The first-order valence-corrected chi connectivity index (χ1v) is 9.78. The average Bonchev–Trinajstić information content (AvgIpc) is 3.22. The van der Waals surface area contributed by atoms with Crippen molar-refractivity contribution in [2.45, 2.75) is 32.7 Å². The van der Waals surface area contributed by atoms with Gasteiger partial charge < -0.3 is 4.90 Å². The van der Waals surface area contributed by atoms with E-state index in [4.69, 9.17) is 0 Å². The van der Waals surface area contributed by atoms with Crippen LogP contribution in [0.5, 0.6) is 0 Å². The molecule has 1 spiro atoms.